The van der Waals surface area contributed by atoms with Crippen LogP contribution in [0.1, 0.15) is 29.0 Å². The molecule has 0 saturated heterocycles. The monoisotopic (exact) mass is 386 g/mol. The Morgan fingerprint density at radius 2 is 1.71 bits per heavy atom. The number of aryl methyl sites for hydroxylation is 1. The number of ether oxygens (including phenoxy) is 1. The molecule has 4 rings (SSSR count). The fourth-order valence-electron chi connectivity index (χ4n) is 3.51. The molecule has 4 nitrogen and oxygen atoms in total. The van der Waals surface area contributed by atoms with E-state index < -0.39 is 0 Å². The molecule has 0 spiro atoms. The predicted molar refractivity (Wildman–Crippen MR) is 111 cm³/mol. The van der Waals surface area contributed by atoms with Gasteiger partial charge in [0.05, 0.1) is 0 Å². The van der Waals surface area contributed by atoms with Gasteiger partial charge in [-0.1, -0.05) is 36.4 Å². The van der Waals surface area contributed by atoms with Crippen LogP contribution in [-0.4, -0.2) is 5.91 Å². The number of nitrogens with one attached hydrogen (secondary N) is 1. The molecule has 0 aliphatic carbocycles. The van der Waals surface area contributed by atoms with Crippen LogP contribution in [0.3, 0.4) is 0 Å². The summed E-state index contributed by atoms with van der Waals surface area (Å²) in [5, 5.41) is 13.9. The molecule has 5 heteroatoms. The number of amides is 1. The van der Waals surface area contributed by atoms with Crippen molar-refractivity contribution in [2.24, 2.45) is 0 Å². The number of anilines is 1. The first-order chi connectivity index (χ1) is 13.7. The summed E-state index contributed by atoms with van der Waals surface area (Å²) in [4.78, 5) is 13.7. The number of benzene rings is 3. The lowest BCUT2D eigenvalue weighted by Crippen LogP contribution is -2.19. The number of carbonyl (C=O) groups excluding carboxylic acids is 1. The molecule has 1 amide bonds. The van der Waals surface area contributed by atoms with Gasteiger partial charge in [-0.05, 0) is 54.6 Å². The topological polar surface area (TPSA) is 62.1 Å². The molecule has 1 N–H and O–H groups in total. The predicted octanol–water partition coefficient (Wildman–Crippen LogP) is 5.83. The van der Waals surface area contributed by atoms with Crippen molar-refractivity contribution in [1.82, 2.24) is 0 Å². The van der Waals surface area contributed by atoms with E-state index in [-0.39, 0.29) is 11.8 Å². The third-order valence-electron chi connectivity index (χ3n) is 4.83. The Bertz CT molecular complexity index is 1040. The molecule has 0 aromatic heterocycles. The molecule has 3 aromatic rings. The molecular weight excluding hydrogens is 368 g/mol. The Morgan fingerprint density at radius 3 is 2.32 bits per heavy atom. The van der Waals surface area contributed by atoms with Gasteiger partial charge in [0.25, 0.3) is 0 Å². The maximum Gasteiger partial charge on any atom is 0.225 e. The number of nitriles is 1. The standard InChI is InChI=1S/C23H18N2O2S/c1-15-12-16(28-14-24)10-11-20(15)25-23(26)13-19-17-6-2-4-8-21(17)27-22-9-5-3-7-18(19)22/h2-12,19H,13H2,1H3,(H,25,26). The van der Waals surface area contributed by atoms with Crippen LogP contribution < -0.4 is 10.1 Å². The van der Waals surface area contributed by atoms with E-state index in [0.29, 0.717) is 6.42 Å². The largest absolute Gasteiger partial charge is 0.457 e. The highest BCUT2D eigenvalue weighted by Gasteiger charge is 2.28. The number of thiocyanates is 1. The third kappa shape index (κ3) is 3.60. The number of nitrogens with zero attached hydrogens (tertiary/aromatic N) is 1. The van der Waals surface area contributed by atoms with Crippen LogP contribution in [-0.2, 0) is 4.79 Å². The fraction of sp³-hybridized carbons (Fsp3) is 0.130. The Kier molecular flexibility index (Phi) is 5.05. The van der Waals surface area contributed by atoms with Crippen molar-refractivity contribution in [3.05, 3.63) is 83.4 Å². The zero-order chi connectivity index (χ0) is 19.5. The van der Waals surface area contributed by atoms with E-state index in [1.165, 1.54) is 0 Å². The molecule has 28 heavy (non-hydrogen) atoms. The van der Waals surface area contributed by atoms with Crippen molar-refractivity contribution in [1.29, 1.82) is 5.26 Å². The Balaban J connectivity index is 1.58. The SMILES string of the molecule is Cc1cc(SC#N)ccc1NC(=O)CC1c2ccccc2Oc2ccccc21. The van der Waals surface area contributed by atoms with Gasteiger partial charge in [0.1, 0.15) is 16.9 Å². The lowest BCUT2D eigenvalue weighted by molar-refractivity contribution is -0.116. The number of para-hydroxylation sites is 2. The number of fused-ring (bicyclic) bond motifs is 2. The van der Waals surface area contributed by atoms with E-state index in [2.05, 4.69) is 10.7 Å². The zero-order valence-corrected chi connectivity index (χ0v) is 16.1. The minimum atomic E-state index is -0.0603. The van der Waals surface area contributed by atoms with E-state index in [1.807, 2.05) is 73.7 Å². The summed E-state index contributed by atoms with van der Waals surface area (Å²) in [6.07, 6.45) is 0.325. The minimum Gasteiger partial charge on any atom is -0.457 e. The van der Waals surface area contributed by atoms with Crippen LogP contribution in [0, 0.1) is 17.6 Å². The van der Waals surface area contributed by atoms with E-state index in [0.717, 1.165) is 50.5 Å². The lowest BCUT2D eigenvalue weighted by Gasteiger charge is -2.28. The maximum atomic E-state index is 12.9. The van der Waals surface area contributed by atoms with E-state index in [4.69, 9.17) is 10.00 Å². The molecule has 3 aromatic carbocycles. The Hall–Kier alpha value is -3.23. The van der Waals surface area contributed by atoms with Crippen LogP contribution >= 0.6 is 11.8 Å². The molecule has 138 valence electrons. The minimum absolute atomic E-state index is 0.0553. The number of rotatable bonds is 4. The van der Waals surface area contributed by atoms with Crippen molar-refractivity contribution in [2.75, 3.05) is 5.32 Å². The molecule has 1 heterocycles. The van der Waals surface area contributed by atoms with Crippen LogP contribution in [0.2, 0.25) is 0 Å². The van der Waals surface area contributed by atoms with Crippen molar-refractivity contribution in [3.63, 3.8) is 0 Å². The highest BCUT2D eigenvalue weighted by atomic mass is 32.2. The average Bonchev–Trinajstić information content (AvgIpc) is 2.70. The van der Waals surface area contributed by atoms with Crippen LogP contribution in [0.25, 0.3) is 0 Å². The molecule has 1 aliphatic heterocycles. The summed E-state index contributed by atoms with van der Waals surface area (Å²) in [5.74, 6) is 1.48. The van der Waals surface area contributed by atoms with E-state index in [9.17, 15) is 4.79 Å². The van der Waals surface area contributed by atoms with Gasteiger partial charge in [-0.15, -0.1) is 0 Å². The Morgan fingerprint density at radius 1 is 1.07 bits per heavy atom. The average molecular weight is 386 g/mol. The maximum absolute atomic E-state index is 12.9. The lowest BCUT2D eigenvalue weighted by atomic mass is 9.85. The number of carbonyl (C=O) groups is 1. The first kappa shape index (κ1) is 18.1. The van der Waals surface area contributed by atoms with Crippen molar-refractivity contribution < 1.29 is 9.53 Å². The normalized spacial score (nSPS) is 12.3. The fourth-order valence-corrected chi connectivity index (χ4v) is 3.99. The van der Waals surface area contributed by atoms with Crippen molar-refractivity contribution in [2.45, 2.75) is 24.2 Å². The summed E-state index contributed by atoms with van der Waals surface area (Å²) >= 11 is 1.11. The number of hydrogen-bond donors (Lipinski definition) is 1. The van der Waals surface area contributed by atoms with Crippen LogP contribution in [0.15, 0.2) is 71.6 Å². The van der Waals surface area contributed by atoms with Gasteiger partial charge in [-0.2, -0.15) is 5.26 Å². The molecule has 0 atom stereocenters. The van der Waals surface area contributed by atoms with Gasteiger partial charge in [0, 0.05) is 34.0 Å². The first-order valence-corrected chi connectivity index (χ1v) is 9.79. The highest BCUT2D eigenvalue weighted by Crippen LogP contribution is 2.45. The van der Waals surface area contributed by atoms with Gasteiger partial charge < -0.3 is 10.1 Å². The molecule has 1 aliphatic rings. The molecule has 0 bridgehead atoms. The van der Waals surface area contributed by atoms with Gasteiger partial charge in [-0.3, -0.25) is 4.79 Å². The quantitative estimate of drug-likeness (QED) is 0.452. The van der Waals surface area contributed by atoms with Gasteiger partial charge in [-0.25, -0.2) is 0 Å². The third-order valence-corrected chi connectivity index (χ3v) is 5.41. The van der Waals surface area contributed by atoms with Gasteiger partial charge in [0.2, 0.25) is 5.91 Å². The van der Waals surface area contributed by atoms with Gasteiger partial charge in [0.15, 0.2) is 0 Å². The summed E-state index contributed by atoms with van der Waals surface area (Å²) in [6, 6.07) is 21.3. The summed E-state index contributed by atoms with van der Waals surface area (Å²) < 4.78 is 6.00. The molecule has 0 saturated carbocycles. The van der Waals surface area contributed by atoms with Crippen molar-refractivity contribution in [3.8, 4) is 16.9 Å². The first-order valence-electron chi connectivity index (χ1n) is 8.98. The zero-order valence-electron chi connectivity index (χ0n) is 15.3. The molecular formula is C23H18N2O2S. The number of thioether (sulfide) groups is 1. The second kappa shape index (κ2) is 7.79. The molecule has 0 fully saturated rings. The second-order valence-corrected chi connectivity index (χ2v) is 7.51. The second-order valence-electron chi connectivity index (χ2n) is 6.65. The highest BCUT2D eigenvalue weighted by molar-refractivity contribution is 8.03. The Labute approximate surface area is 168 Å². The molecule has 0 unspecified atom stereocenters. The summed E-state index contributed by atoms with van der Waals surface area (Å²) in [6.45, 7) is 1.93. The smallest absolute Gasteiger partial charge is 0.225 e. The van der Waals surface area contributed by atoms with E-state index in [1.54, 1.807) is 0 Å². The van der Waals surface area contributed by atoms with E-state index >= 15 is 0 Å². The summed E-state index contributed by atoms with van der Waals surface area (Å²) in [5.41, 5.74) is 3.74. The summed E-state index contributed by atoms with van der Waals surface area (Å²) in [7, 11) is 0. The van der Waals surface area contributed by atoms with Crippen LogP contribution in [0.4, 0.5) is 5.69 Å². The van der Waals surface area contributed by atoms with Crippen LogP contribution in [0.5, 0.6) is 11.5 Å². The number of hydrogen-bond acceptors (Lipinski definition) is 4. The van der Waals surface area contributed by atoms with Gasteiger partial charge >= 0.3 is 0 Å². The molecule has 0 radical (unpaired) electrons. The van der Waals surface area contributed by atoms with Crippen molar-refractivity contribution >= 4 is 23.4 Å².